The normalized spacial score (nSPS) is 26.1. The van der Waals surface area contributed by atoms with Crippen molar-refractivity contribution in [2.45, 2.75) is 25.2 Å². The Labute approximate surface area is 98.9 Å². The number of hydrogen-bond donors (Lipinski definition) is 1. The zero-order valence-corrected chi connectivity index (χ0v) is 10.2. The molecule has 0 radical (unpaired) electrons. The highest BCUT2D eigenvalue weighted by Crippen LogP contribution is 2.35. The van der Waals surface area contributed by atoms with E-state index in [0.29, 0.717) is 0 Å². The lowest BCUT2D eigenvalue weighted by atomic mass is 9.83. The summed E-state index contributed by atoms with van der Waals surface area (Å²) in [5.41, 5.74) is 1.23. The first-order valence-corrected chi connectivity index (χ1v) is 6.52. The third kappa shape index (κ3) is 1.62. The zero-order valence-electron chi connectivity index (χ0n) is 9.36. The van der Waals surface area contributed by atoms with Crippen LogP contribution in [0.3, 0.4) is 0 Å². The fraction of sp³-hybridized carbons (Fsp3) is 0.500. The number of fused-ring (bicyclic) bond motifs is 1. The number of piperidine rings is 1. The largest absolute Gasteiger partial charge is 0.316 e. The van der Waals surface area contributed by atoms with Gasteiger partial charge in [0.15, 0.2) is 0 Å². The first-order valence-electron chi connectivity index (χ1n) is 5.71. The summed E-state index contributed by atoms with van der Waals surface area (Å²) >= 11 is 1.74. The Morgan fingerprint density at radius 2 is 2.44 bits per heavy atom. The van der Waals surface area contributed by atoms with E-state index >= 15 is 0 Å². The SMILES string of the molecule is CC1(c2nc3cccnc3s2)CCCNC1. The quantitative estimate of drug-likeness (QED) is 0.821. The molecule has 16 heavy (non-hydrogen) atoms. The van der Waals surface area contributed by atoms with Gasteiger partial charge in [0.1, 0.15) is 15.4 Å². The average Bonchev–Trinajstić information content (AvgIpc) is 2.74. The lowest BCUT2D eigenvalue weighted by Crippen LogP contribution is -2.40. The van der Waals surface area contributed by atoms with Gasteiger partial charge in [-0.05, 0) is 31.5 Å². The first kappa shape index (κ1) is 10.2. The molecule has 1 fully saturated rings. The molecule has 0 amide bonds. The molecule has 2 aromatic heterocycles. The van der Waals surface area contributed by atoms with E-state index in [2.05, 4.69) is 17.2 Å². The third-order valence-electron chi connectivity index (χ3n) is 3.28. The zero-order chi connectivity index (χ0) is 11.0. The highest BCUT2D eigenvalue weighted by molar-refractivity contribution is 7.18. The second-order valence-corrected chi connectivity index (χ2v) is 5.67. The molecule has 2 aromatic rings. The summed E-state index contributed by atoms with van der Waals surface area (Å²) in [4.78, 5) is 10.1. The van der Waals surface area contributed by atoms with Crippen LogP contribution in [0.2, 0.25) is 0 Å². The summed E-state index contributed by atoms with van der Waals surface area (Å²) in [5, 5.41) is 4.69. The first-order chi connectivity index (χ1) is 7.78. The Balaban J connectivity index is 2.04. The predicted octanol–water partition coefficient (Wildman–Crippen LogP) is 2.33. The molecular weight excluding hydrogens is 218 g/mol. The van der Waals surface area contributed by atoms with Gasteiger partial charge >= 0.3 is 0 Å². The molecule has 0 bridgehead atoms. The van der Waals surface area contributed by atoms with Crippen molar-refractivity contribution < 1.29 is 0 Å². The number of nitrogens with one attached hydrogen (secondary N) is 1. The molecule has 1 aliphatic heterocycles. The highest BCUT2D eigenvalue weighted by atomic mass is 32.1. The van der Waals surface area contributed by atoms with Gasteiger partial charge in [-0.25, -0.2) is 9.97 Å². The molecule has 1 aliphatic rings. The maximum atomic E-state index is 4.72. The van der Waals surface area contributed by atoms with E-state index in [1.807, 2.05) is 18.3 Å². The van der Waals surface area contributed by atoms with E-state index in [0.717, 1.165) is 23.4 Å². The van der Waals surface area contributed by atoms with E-state index in [-0.39, 0.29) is 5.41 Å². The average molecular weight is 233 g/mol. The van der Waals surface area contributed by atoms with Gasteiger partial charge in [0.2, 0.25) is 0 Å². The second kappa shape index (κ2) is 3.79. The molecule has 0 aliphatic carbocycles. The van der Waals surface area contributed by atoms with Crippen LogP contribution < -0.4 is 5.32 Å². The Morgan fingerprint density at radius 3 is 3.19 bits per heavy atom. The van der Waals surface area contributed by atoms with Crippen molar-refractivity contribution in [1.29, 1.82) is 0 Å². The van der Waals surface area contributed by atoms with Crippen LogP contribution in [0, 0.1) is 0 Å². The number of pyridine rings is 1. The van der Waals surface area contributed by atoms with E-state index in [1.165, 1.54) is 17.8 Å². The van der Waals surface area contributed by atoms with Crippen LogP contribution >= 0.6 is 11.3 Å². The molecule has 3 rings (SSSR count). The van der Waals surface area contributed by atoms with Gasteiger partial charge in [-0.2, -0.15) is 0 Å². The molecule has 3 heterocycles. The van der Waals surface area contributed by atoms with Gasteiger partial charge in [0.05, 0.1) is 0 Å². The Bertz CT molecular complexity index is 467. The van der Waals surface area contributed by atoms with Crippen molar-refractivity contribution in [1.82, 2.24) is 15.3 Å². The maximum absolute atomic E-state index is 4.72. The van der Waals surface area contributed by atoms with Crippen LogP contribution in [0.15, 0.2) is 18.3 Å². The van der Waals surface area contributed by atoms with Crippen molar-refractivity contribution in [3.63, 3.8) is 0 Å². The van der Waals surface area contributed by atoms with Crippen molar-refractivity contribution in [2.24, 2.45) is 0 Å². The number of nitrogens with zero attached hydrogens (tertiary/aromatic N) is 2. The molecule has 0 spiro atoms. The molecule has 0 saturated carbocycles. The van der Waals surface area contributed by atoms with Gasteiger partial charge in [-0.15, -0.1) is 0 Å². The lowest BCUT2D eigenvalue weighted by Gasteiger charge is -2.31. The molecule has 84 valence electrons. The Kier molecular flexibility index (Phi) is 2.41. The van der Waals surface area contributed by atoms with Crippen LogP contribution in [0.1, 0.15) is 24.8 Å². The number of rotatable bonds is 1. The minimum absolute atomic E-state index is 0.198. The molecule has 1 saturated heterocycles. The summed E-state index contributed by atoms with van der Waals surface area (Å²) in [6, 6.07) is 4.00. The van der Waals surface area contributed by atoms with Gasteiger partial charge in [0, 0.05) is 18.2 Å². The number of thiazole rings is 1. The molecule has 0 aromatic carbocycles. The van der Waals surface area contributed by atoms with Crippen molar-refractivity contribution >= 4 is 21.7 Å². The van der Waals surface area contributed by atoms with Crippen LogP contribution in [0.4, 0.5) is 0 Å². The summed E-state index contributed by atoms with van der Waals surface area (Å²) in [5.74, 6) is 0. The molecule has 1 atom stereocenters. The standard InChI is InChI=1S/C12H15N3S/c1-12(5-3-6-13-8-12)11-15-9-4-2-7-14-10(9)16-11/h2,4,7,13H,3,5-6,8H2,1H3. The second-order valence-electron chi connectivity index (χ2n) is 4.69. The van der Waals surface area contributed by atoms with Gasteiger partial charge in [0.25, 0.3) is 0 Å². The highest BCUT2D eigenvalue weighted by Gasteiger charge is 2.31. The third-order valence-corrected chi connectivity index (χ3v) is 4.57. The minimum atomic E-state index is 0.198. The number of hydrogen-bond acceptors (Lipinski definition) is 4. The van der Waals surface area contributed by atoms with E-state index in [1.54, 1.807) is 11.3 Å². The summed E-state index contributed by atoms with van der Waals surface area (Å²) < 4.78 is 0. The fourth-order valence-electron chi connectivity index (χ4n) is 2.27. The van der Waals surface area contributed by atoms with Crippen molar-refractivity contribution in [3.05, 3.63) is 23.3 Å². The predicted molar refractivity (Wildman–Crippen MR) is 66.9 cm³/mol. The van der Waals surface area contributed by atoms with Gasteiger partial charge in [-0.3, -0.25) is 0 Å². The van der Waals surface area contributed by atoms with E-state index < -0.39 is 0 Å². The van der Waals surface area contributed by atoms with E-state index in [4.69, 9.17) is 4.98 Å². The Hall–Kier alpha value is -1.00. The van der Waals surface area contributed by atoms with E-state index in [9.17, 15) is 0 Å². The molecule has 3 nitrogen and oxygen atoms in total. The number of aromatic nitrogens is 2. The molecular formula is C12H15N3S. The van der Waals surface area contributed by atoms with Crippen LogP contribution in [0.25, 0.3) is 10.3 Å². The topological polar surface area (TPSA) is 37.8 Å². The monoisotopic (exact) mass is 233 g/mol. The van der Waals surface area contributed by atoms with Gasteiger partial charge in [-0.1, -0.05) is 18.3 Å². The molecule has 1 N–H and O–H groups in total. The molecule has 1 unspecified atom stereocenters. The van der Waals surface area contributed by atoms with Crippen molar-refractivity contribution in [2.75, 3.05) is 13.1 Å². The fourth-order valence-corrected chi connectivity index (χ4v) is 3.35. The maximum Gasteiger partial charge on any atom is 0.143 e. The molecule has 4 heteroatoms. The van der Waals surface area contributed by atoms with Crippen LogP contribution in [0.5, 0.6) is 0 Å². The summed E-state index contributed by atoms with van der Waals surface area (Å²) in [7, 11) is 0. The smallest absolute Gasteiger partial charge is 0.143 e. The summed E-state index contributed by atoms with van der Waals surface area (Å²) in [6.07, 6.45) is 4.30. The minimum Gasteiger partial charge on any atom is -0.316 e. The van der Waals surface area contributed by atoms with Crippen LogP contribution in [-0.2, 0) is 5.41 Å². The van der Waals surface area contributed by atoms with Crippen LogP contribution in [-0.4, -0.2) is 23.1 Å². The Morgan fingerprint density at radius 1 is 1.50 bits per heavy atom. The lowest BCUT2D eigenvalue weighted by molar-refractivity contribution is 0.339. The van der Waals surface area contributed by atoms with Crippen molar-refractivity contribution in [3.8, 4) is 0 Å². The van der Waals surface area contributed by atoms with Gasteiger partial charge < -0.3 is 5.32 Å². The summed E-state index contributed by atoms with van der Waals surface area (Å²) in [6.45, 7) is 4.47.